The smallest absolute Gasteiger partial charge is 0.217 e. The van der Waals surface area contributed by atoms with Gasteiger partial charge >= 0.3 is 0 Å². The van der Waals surface area contributed by atoms with Crippen LogP contribution in [-0.4, -0.2) is 39.9 Å². The molecule has 0 bridgehead atoms. The molecule has 3 rings (SSSR count). The number of halogens is 1. The third kappa shape index (κ3) is 3.34. The predicted molar refractivity (Wildman–Crippen MR) is 89.8 cm³/mol. The normalized spacial score (nSPS) is 15.9. The highest BCUT2D eigenvalue weighted by molar-refractivity contribution is 7.71. The minimum atomic E-state index is 0.544. The van der Waals surface area contributed by atoms with Crippen LogP contribution in [-0.2, 0) is 6.67 Å². The number of aromatic nitrogens is 3. The average Bonchev–Trinajstić information content (AvgIpc) is 2.89. The highest BCUT2D eigenvalue weighted by atomic mass is 35.5. The number of hydrogen-bond donors (Lipinski definition) is 1. The molecule has 1 aromatic heterocycles. The molecule has 1 fully saturated rings. The molecule has 0 aliphatic carbocycles. The molecular weight excluding hydrogens is 320 g/mol. The van der Waals surface area contributed by atoms with Crippen molar-refractivity contribution in [1.82, 2.24) is 19.7 Å². The van der Waals surface area contributed by atoms with E-state index in [1.165, 1.54) is 19.3 Å². The maximum atomic E-state index is 6.09. The monoisotopic (exact) mass is 338 g/mol. The van der Waals surface area contributed by atoms with Gasteiger partial charge in [0.15, 0.2) is 5.82 Å². The number of rotatable bonds is 4. The Bertz CT molecular complexity index is 706. The third-order valence-electron chi connectivity index (χ3n) is 3.89. The number of H-pyrrole nitrogens is 1. The molecule has 0 amide bonds. The van der Waals surface area contributed by atoms with Gasteiger partial charge in [0.05, 0.1) is 19.3 Å². The van der Waals surface area contributed by atoms with Crippen molar-refractivity contribution in [3.05, 3.63) is 28.0 Å². The summed E-state index contributed by atoms with van der Waals surface area (Å²) in [4.78, 5) is 6.84. The maximum Gasteiger partial charge on any atom is 0.217 e. The number of benzene rings is 1. The summed E-state index contributed by atoms with van der Waals surface area (Å²) in [6.45, 7) is 2.96. The number of nitrogens with zero attached hydrogens (tertiary/aromatic N) is 3. The topological polar surface area (TPSA) is 46.1 Å². The lowest BCUT2D eigenvalue weighted by Gasteiger charge is -2.26. The zero-order chi connectivity index (χ0) is 15.5. The molecule has 1 saturated heterocycles. The lowest BCUT2D eigenvalue weighted by Crippen LogP contribution is -2.32. The summed E-state index contributed by atoms with van der Waals surface area (Å²) < 4.78 is 7.82. The van der Waals surface area contributed by atoms with E-state index < -0.39 is 0 Å². The third-order valence-corrected chi connectivity index (χ3v) is 4.43. The van der Waals surface area contributed by atoms with Crippen molar-refractivity contribution in [3.63, 3.8) is 0 Å². The number of methoxy groups -OCH3 is 1. The van der Waals surface area contributed by atoms with Gasteiger partial charge in [-0.15, -0.1) is 0 Å². The Kier molecular flexibility index (Phi) is 4.81. The summed E-state index contributed by atoms with van der Waals surface area (Å²) in [5.74, 6) is 1.40. The molecule has 5 nitrogen and oxygen atoms in total. The van der Waals surface area contributed by atoms with Crippen molar-refractivity contribution in [3.8, 4) is 17.1 Å². The first-order chi connectivity index (χ1) is 10.7. The first kappa shape index (κ1) is 15.5. The van der Waals surface area contributed by atoms with Gasteiger partial charge < -0.3 is 4.74 Å². The molecule has 0 atom stereocenters. The minimum Gasteiger partial charge on any atom is -0.496 e. The first-order valence-corrected chi connectivity index (χ1v) is 8.19. The highest BCUT2D eigenvalue weighted by Gasteiger charge is 2.14. The van der Waals surface area contributed by atoms with Gasteiger partial charge in [-0.05, 0) is 56.3 Å². The van der Waals surface area contributed by atoms with E-state index in [1.54, 1.807) is 13.2 Å². The van der Waals surface area contributed by atoms with Crippen LogP contribution in [0, 0.1) is 4.77 Å². The number of aromatic amines is 1. The second-order valence-corrected chi connectivity index (χ2v) is 6.25. The SMILES string of the molecule is COc1ccc(Cl)cc1-c1nc(=S)n(CN2CCCCC2)[nH]1. The quantitative estimate of drug-likeness (QED) is 0.863. The second-order valence-electron chi connectivity index (χ2n) is 5.45. The van der Waals surface area contributed by atoms with E-state index in [0.717, 1.165) is 31.1 Å². The molecule has 22 heavy (non-hydrogen) atoms. The summed E-state index contributed by atoms with van der Waals surface area (Å²) in [5.41, 5.74) is 0.818. The van der Waals surface area contributed by atoms with Crippen molar-refractivity contribution in [2.45, 2.75) is 25.9 Å². The predicted octanol–water partition coefficient (Wildman–Crippen LogP) is 3.71. The Morgan fingerprint density at radius 2 is 2.09 bits per heavy atom. The lowest BCUT2D eigenvalue weighted by molar-refractivity contribution is 0.172. The Hall–Kier alpha value is -1.37. The summed E-state index contributed by atoms with van der Waals surface area (Å²) in [6, 6.07) is 5.46. The van der Waals surface area contributed by atoms with E-state index in [4.69, 9.17) is 28.6 Å². The fourth-order valence-electron chi connectivity index (χ4n) is 2.74. The van der Waals surface area contributed by atoms with Gasteiger partial charge in [-0.2, -0.15) is 4.98 Å². The molecule has 2 aromatic rings. The molecule has 1 N–H and O–H groups in total. The van der Waals surface area contributed by atoms with Crippen molar-refractivity contribution in [2.75, 3.05) is 20.2 Å². The minimum absolute atomic E-state index is 0.544. The van der Waals surface area contributed by atoms with E-state index in [-0.39, 0.29) is 0 Å². The van der Waals surface area contributed by atoms with Gasteiger partial charge in [-0.25, -0.2) is 4.68 Å². The average molecular weight is 339 g/mol. The van der Waals surface area contributed by atoms with Crippen LogP contribution >= 0.6 is 23.8 Å². The van der Waals surface area contributed by atoms with E-state index in [2.05, 4.69) is 15.0 Å². The second kappa shape index (κ2) is 6.81. The van der Waals surface area contributed by atoms with Crippen LogP contribution in [0.5, 0.6) is 5.75 Å². The molecule has 1 aliphatic heterocycles. The van der Waals surface area contributed by atoms with Gasteiger partial charge in [0.25, 0.3) is 0 Å². The first-order valence-electron chi connectivity index (χ1n) is 7.40. The number of piperidine rings is 1. The molecule has 0 saturated carbocycles. The largest absolute Gasteiger partial charge is 0.496 e. The number of nitrogens with one attached hydrogen (secondary N) is 1. The highest BCUT2D eigenvalue weighted by Crippen LogP contribution is 2.30. The van der Waals surface area contributed by atoms with Crippen molar-refractivity contribution < 1.29 is 4.74 Å². The van der Waals surface area contributed by atoms with Crippen LogP contribution in [0.25, 0.3) is 11.4 Å². The summed E-state index contributed by atoms with van der Waals surface area (Å²) >= 11 is 11.5. The Labute approximate surface area is 139 Å². The van der Waals surface area contributed by atoms with Crippen LogP contribution in [0.2, 0.25) is 5.02 Å². The molecule has 0 unspecified atom stereocenters. The fraction of sp³-hybridized carbons (Fsp3) is 0.467. The molecule has 7 heteroatoms. The van der Waals surface area contributed by atoms with Crippen molar-refractivity contribution >= 4 is 23.8 Å². The summed E-state index contributed by atoms with van der Waals surface area (Å²) in [5, 5.41) is 3.91. The van der Waals surface area contributed by atoms with E-state index in [9.17, 15) is 0 Å². The maximum absolute atomic E-state index is 6.09. The standard InChI is InChI=1S/C15H19ClN4OS/c1-21-13-6-5-11(16)9-12(13)14-17-15(22)20(18-14)10-19-7-3-2-4-8-19/h5-6,9H,2-4,7-8,10H2,1H3,(H,17,18,22). The van der Waals surface area contributed by atoms with Crippen LogP contribution in [0.4, 0.5) is 0 Å². The van der Waals surface area contributed by atoms with Crippen LogP contribution in [0.15, 0.2) is 18.2 Å². The van der Waals surface area contributed by atoms with Crippen LogP contribution < -0.4 is 4.74 Å². The van der Waals surface area contributed by atoms with Gasteiger partial charge in [-0.3, -0.25) is 10.00 Å². The molecule has 118 valence electrons. The molecule has 1 aliphatic rings. The number of ether oxygens (including phenoxy) is 1. The van der Waals surface area contributed by atoms with Crippen molar-refractivity contribution in [1.29, 1.82) is 0 Å². The molecule has 0 radical (unpaired) electrons. The summed E-state index contributed by atoms with van der Waals surface area (Å²) in [7, 11) is 1.63. The molecule has 2 heterocycles. The Morgan fingerprint density at radius 3 is 2.82 bits per heavy atom. The van der Waals surface area contributed by atoms with E-state index in [0.29, 0.717) is 15.6 Å². The lowest BCUT2D eigenvalue weighted by atomic mass is 10.1. The fourth-order valence-corrected chi connectivity index (χ4v) is 3.11. The van der Waals surface area contributed by atoms with Crippen LogP contribution in [0.3, 0.4) is 0 Å². The number of likely N-dealkylation sites (tertiary alicyclic amines) is 1. The Balaban J connectivity index is 1.88. The van der Waals surface area contributed by atoms with Gasteiger partial charge in [0.1, 0.15) is 5.75 Å². The van der Waals surface area contributed by atoms with Gasteiger partial charge in [0, 0.05) is 5.02 Å². The van der Waals surface area contributed by atoms with Crippen molar-refractivity contribution in [2.24, 2.45) is 0 Å². The van der Waals surface area contributed by atoms with Gasteiger partial charge in [0.2, 0.25) is 4.77 Å². The zero-order valence-corrected chi connectivity index (χ0v) is 14.1. The molecule has 0 spiro atoms. The molecular formula is C15H19ClN4OS. The van der Waals surface area contributed by atoms with Gasteiger partial charge in [-0.1, -0.05) is 18.0 Å². The summed E-state index contributed by atoms with van der Waals surface area (Å²) in [6.07, 6.45) is 3.81. The zero-order valence-electron chi connectivity index (χ0n) is 12.5. The Morgan fingerprint density at radius 1 is 1.32 bits per heavy atom. The van der Waals surface area contributed by atoms with Crippen LogP contribution in [0.1, 0.15) is 19.3 Å². The number of hydrogen-bond acceptors (Lipinski definition) is 4. The molecule has 1 aromatic carbocycles. The van der Waals surface area contributed by atoms with E-state index >= 15 is 0 Å². The van der Waals surface area contributed by atoms with E-state index in [1.807, 2.05) is 16.8 Å².